The maximum absolute atomic E-state index is 13.2. The Labute approximate surface area is 171 Å². The second-order valence-electron chi connectivity index (χ2n) is 7.90. The number of amides is 1. The molecule has 29 heavy (non-hydrogen) atoms. The first-order chi connectivity index (χ1) is 13.8. The normalized spacial score (nSPS) is 20.0. The highest BCUT2D eigenvalue weighted by molar-refractivity contribution is 7.89. The van der Waals surface area contributed by atoms with Crippen molar-refractivity contribution in [3.63, 3.8) is 0 Å². The summed E-state index contributed by atoms with van der Waals surface area (Å²) in [5.41, 5.74) is 2.77. The zero-order valence-electron chi connectivity index (χ0n) is 17.1. The molecule has 1 fully saturated rings. The number of sulfonamides is 1. The first-order valence-electron chi connectivity index (χ1n) is 10.1. The largest absolute Gasteiger partial charge is 0.305 e. The van der Waals surface area contributed by atoms with Gasteiger partial charge < -0.3 is 4.90 Å². The molecule has 1 saturated heterocycles. The van der Waals surface area contributed by atoms with Crippen molar-refractivity contribution >= 4 is 21.6 Å². The number of anilines is 1. The Morgan fingerprint density at radius 3 is 2.55 bits per heavy atom. The molecule has 0 radical (unpaired) electrons. The Morgan fingerprint density at radius 1 is 1.14 bits per heavy atom. The number of aromatic nitrogens is 2. The molecule has 2 aromatic rings. The van der Waals surface area contributed by atoms with Crippen molar-refractivity contribution < 1.29 is 13.2 Å². The van der Waals surface area contributed by atoms with E-state index in [0.717, 1.165) is 30.5 Å². The molecule has 1 amide bonds. The van der Waals surface area contributed by atoms with Crippen LogP contribution >= 0.6 is 0 Å². The fraction of sp³-hybridized carbons (Fsp3) is 0.476. The van der Waals surface area contributed by atoms with Crippen molar-refractivity contribution in [1.29, 1.82) is 0 Å². The van der Waals surface area contributed by atoms with Gasteiger partial charge in [-0.05, 0) is 63.8 Å². The lowest BCUT2D eigenvalue weighted by Gasteiger charge is -2.26. The van der Waals surface area contributed by atoms with E-state index in [2.05, 4.69) is 9.97 Å². The Morgan fingerprint density at radius 2 is 1.86 bits per heavy atom. The second kappa shape index (κ2) is 7.50. The molecule has 1 aromatic heterocycles. The van der Waals surface area contributed by atoms with Gasteiger partial charge in [-0.15, -0.1) is 0 Å². The van der Waals surface area contributed by atoms with Crippen LogP contribution in [0.2, 0.25) is 0 Å². The van der Waals surface area contributed by atoms with Gasteiger partial charge in [-0.3, -0.25) is 4.79 Å². The van der Waals surface area contributed by atoms with Crippen molar-refractivity contribution in [2.24, 2.45) is 0 Å². The summed E-state index contributed by atoms with van der Waals surface area (Å²) >= 11 is 0. The van der Waals surface area contributed by atoms with Crippen LogP contribution in [0.5, 0.6) is 0 Å². The fourth-order valence-electron chi connectivity index (χ4n) is 4.25. The number of hydrogen-bond acceptors (Lipinski definition) is 5. The number of fused-ring (bicyclic) bond motifs is 1. The summed E-state index contributed by atoms with van der Waals surface area (Å²) in [6.07, 6.45) is 5.08. The molecule has 1 aromatic carbocycles. The summed E-state index contributed by atoms with van der Waals surface area (Å²) in [6.45, 7) is 6.72. The summed E-state index contributed by atoms with van der Waals surface area (Å²) < 4.78 is 27.6. The van der Waals surface area contributed by atoms with Gasteiger partial charge in [0.05, 0.1) is 16.2 Å². The van der Waals surface area contributed by atoms with E-state index < -0.39 is 10.0 Å². The van der Waals surface area contributed by atoms with E-state index in [4.69, 9.17) is 0 Å². The van der Waals surface area contributed by atoms with E-state index in [1.807, 2.05) is 6.92 Å². The molecule has 154 valence electrons. The van der Waals surface area contributed by atoms with Gasteiger partial charge >= 0.3 is 0 Å². The van der Waals surface area contributed by atoms with Crippen molar-refractivity contribution in [3.8, 4) is 0 Å². The molecule has 4 rings (SSSR count). The van der Waals surface area contributed by atoms with E-state index in [9.17, 15) is 13.2 Å². The SMILES string of the molecule is Cc1ncc(C(=O)N2c3ccc(S(=O)(=O)N4CCCCC4)cc3CC2C)c(C)n1. The molecule has 0 aliphatic carbocycles. The van der Waals surface area contributed by atoms with E-state index >= 15 is 0 Å². The quantitative estimate of drug-likeness (QED) is 0.771. The summed E-state index contributed by atoms with van der Waals surface area (Å²) in [5, 5.41) is 0. The highest BCUT2D eigenvalue weighted by Crippen LogP contribution is 2.36. The average Bonchev–Trinajstić information content (AvgIpc) is 3.03. The lowest BCUT2D eigenvalue weighted by Crippen LogP contribution is -2.36. The summed E-state index contributed by atoms with van der Waals surface area (Å²) in [4.78, 5) is 23.7. The minimum atomic E-state index is -3.49. The number of piperidine rings is 1. The van der Waals surface area contributed by atoms with Gasteiger partial charge in [-0.1, -0.05) is 6.42 Å². The van der Waals surface area contributed by atoms with Crippen LogP contribution < -0.4 is 4.90 Å². The Hall–Kier alpha value is -2.32. The molecule has 7 nitrogen and oxygen atoms in total. The predicted molar refractivity (Wildman–Crippen MR) is 111 cm³/mol. The first-order valence-corrected chi connectivity index (χ1v) is 11.5. The third-order valence-electron chi connectivity index (χ3n) is 5.77. The van der Waals surface area contributed by atoms with Gasteiger partial charge in [0.1, 0.15) is 5.82 Å². The molecule has 0 spiro atoms. The van der Waals surface area contributed by atoms with Gasteiger partial charge in [0, 0.05) is 31.0 Å². The maximum Gasteiger partial charge on any atom is 0.261 e. The van der Waals surface area contributed by atoms with Gasteiger partial charge in [-0.25, -0.2) is 18.4 Å². The Balaban J connectivity index is 1.67. The Bertz CT molecular complexity index is 1060. The average molecular weight is 415 g/mol. The van der Waals surface area contributed by atoms with Gasteiger partial charge in [-0.2, -0.15) is 4.31 Å². The van der Waals surface area contributed by atoms with Gasteiger partial charge in [0.15, 0.2) is 0 Å². The van der Waals surface area contributed by atoms with Crippen LogP contribution in [0, 0.1) is 13.8 Å². The smallest absolute Gasteiger partial charge is 0.261 e. The molecule has 0 saturated carbocycles. The predicted octanol–water partition coefficient (Wildman–Crippen LogP) is 2.86. The van der Waals surface area contributed by atoms with Crippen molar-refractivity contribution in [2.75, 3.05) is 18.0 Å². The van der Waals surface area contributed by atoms with Crippen LogP contribution in [0.15, 0.2) is 29.3 Å². The molecule has 2 aliphatic heterocycles. The van der Waals surface area contributed by atoms with E-state index in [1.165, 1.54) is 0 Å². The fourth-order valence-corrected chi connectivity index (χ4v) is 5.82. The minimum absolute atomic E-state index is 0.0638. The first kappa shape index (κ1) is 20.0. The molecule has 0 N–H and O–H groups in total. The molecule has 8 heteroatoms. The zero-order valence-corrected chi connectivity index (χ0v) is 17.9. The summed E-state index contributed by atoms with van der Waals surface area (Å²) in [6, 6.07) is 5.06. The van der Waals surface area contributed by atoms with Crippen LogP contribution in [0.1, 0.15) is 53.6 Å². The maximum atomic E-state index is 13.2. The van der Waals surface area contributed by atoms with E-state index in [-0.39, 0.29) is 11.9 Å². The van der Waals surface area contributed by atoms with E-state index in [1.54, 1.807) is 47.4 Å². The monoisotopic (exact) mass is 414 g/mol. The zero-order chi connectivity index (χ0) is 20.8. The van der Waals surface area contributed by atoms with Crippen LogP contribution in [0.25, 0.3) is 0 Å². The van der Waals surface area contributed by atoms with Crippen LogP contribution in [0.4, 0.5) is 5.69 Å². The second-order valence-corrected chi connectivity index (χ2v) is 9.84. The highest BCUT2D eigenvalue weighted by atomic mass is 32.2. The van der Waals surface area contributed by atoms with Gasteiger partial charge in [0.2, 0.25) is 10.0 Å². The topological polar surface area (TPSA) is 83.5 Å². The minimum Gasteiger partial charge on any atom is -0.305 e. The van der Waals surface area contributed by atoms with Crippen molar-refractivity contribution in [2.45, 2.75) is 57.4 Å². The van der Waals surface area contributed by atoms with Crippen LogP contribution in [-0.4, -0.2) is 47.7 Å². The number of hydrogen-bond donors (Lipinski definition) is 0. The molecular formula is C21H26N4O3S. The van der Waals surface area contributed by atoms with Crippen molar-refractivity contribution in [3.05, 3.63) is 47.0 Å². The lowest BCUT2D eigenvalue weighted by molar-refractivity contribution is 0.0980. The number of rotatable bonds is 3. The number of carbonyl (C=O) groups excluding carboxylic acids is 1. The molecule has 0 bridgehead atoms. The number of nitrogens with zero attached hydrogens (tertiary/aromatic N) is 4. The van der Waals surface area contributed by atoms with Gasteiger partial charge in [0.25, 0.3) is 5.91 Å². The Kier molecular flexibility index (Phi) is 5.16. The summed E-state index contributed by atoms with van der Waals surface area (Å²) in [7, 11) is -3.49. The van der Waals surface area contributed by atoms with Crippen LogP contribution in [-0.2, 0) is 16.4 Å². The third kappa shape index (κ3) is 3.55. The number of carbonyl (C=O) groups is 1. The third-order valence-corrected chi connectivity index (χ3v) is 7.66. The highest BCUT2D eigenvalue weighted by Gasteiger charge is 2.34. The summed E-state index contributed by atoms with van der Waals surface area (Å²) in [5.74, 6) is 0.474. The molecule has 1 atom stereocenters. The molecule has 1 unspecified atom stereocenters. The van der Waals surface area contributed by atoms with Crippen molar-refractivity contribution in [1.82, 2.24) is 14.3 Å². The molecular weight excluding hydrogens is 388 g/mol. The molecule has 2 aliphatic rings. The van der Waals surface area contributed by atoms with E-state index in [0.29, 0.717) is 41.5 Å². The van der Waals surface area contributed by atoms with Crippen LogP contribution in [0.3, 0.4) is 0 Å². The standard InChI is InChI=1S/C21H26N4O3S/c1-14-11-17-12-18(29(27,28)24-9-5-4-6-10-24)7-8-20(17)25(14)21(26)19-13-22-16(3)23-15(19)2/h7-8,12-14H,4-6,9-11H2,1-3H3. The number of aryl methyl sites for hydroxylation is 2. The molecule has 3 heterocycles. The lowest BCUT2D eigenvalue weighted by atomic mass is 10.1. The number of benzene rings is 1.